The van der Waals surface area contributed by atoms with Crippen molar-refractivity contribution in [2.24, 2.45) is 5.92 Å². The van der Waals surface area contributed by atoms with Gasteiger partial charge in [0.05, 0.1) is 16.8 Å². The number of pyridine rings is 1. The SMILES string of the molecule is c1cc(OCC2CCCN(c3ncnc4ccsc34)C2)ccn1. The molecule has 4 heterocycles. The number of fused-ring (bicyclic) bond motifs is 1. The van der Waals surface area contributed by atoms with Crippen molar-refractivity contribution in [3.8, 4) is 5.75 Å². The van der Waals surface area contributed by atoms with Gasteiger partial charge < -0.3 is 9.64 Å². The lowest BCUT2D eigenvalue weighted by atomic mass is 9.99. The minimum atomic E-state index is 0.516. The Morgan fingerprint density at radius 2 is 2.13 bits per heavy atom. The van der Waals surface area contributed by atoms with Crippen LogP contribution in [-0.2, 0) is 0 Å². The summed E-state index contributed by atoms with van der Waals surface area (Å²) in [4.78, 5) is 15.3. The maximum atomic E-state index is 5.91. The number of hydrogen-bond acceptors (Lipinski definition) is 6. The molecule has 0 bridgehead atoms. The molecule has 23 heavy (non-hydrogen) atoms. The van der Waals surface area contributed by atoms with Crippen molar-refractivity contribution in [1.29, 1.82) is 0 Å². The van der Waals surface area contributed by atoms with E-state index in [1.165, 1.54) is 17.5 Å². The molecule has 3 aromatic rings. The Balaban J connectivity index is 1.46. The summed E-state index contributed by atoms with van der Waals surface area (Å²) in [5.41, 5.74) is 1.04. The van der Waals surface area contributed by atoms with Crippen LogP contribution < -0.4 is 9.64 Å². The second kappa shape index (κ2) is 6.50. The molecule has 0 radical (unpaired) electrons. The zero-order valence-electron chi connectivity index (χ0n) is 12.8. The third-order valence-corrected chi connectivity index (χ3v) is 5.08. The van der Waals surface area contributed by atoms with E-state index in [1.54, 1.807) is 30.1 Å². The summed E-state index contributed by atoms with van der Waals surface area (Å²) in [5, 5.41) is 2.08. The summed E-state index contributed by atoms with van der Waals surface area (Å²) in [6.07, 6.45) is 7.55. The molecule has 5 nitrogen and oxygen atoms in total. The van der Waals surface area contributed by atoms with Gasteiger partial charge in [-0.05, 0) is 36.4 Å². The Bertz CT molecular complexity index is 776. The molecule has 1 aliphatic heterocycles. The number of nitrogens with zero attached hydrogens (tertiary/aromatic N) is 4. The number of piperidine rings is 1. The summed E-state index contributed by atoms with van der Waals surface area (Å²) in [6, 6.07) is 5.86. The zero-order chi connectivity index (χ0) is 15.5. The van der Waals surface area contributed by atoms with E-state index in [9.17, 15) is 0 Å². The standard InChI is InChI=1S/C17H18N4OS/c1-2-13(11-22-14-3-6-18-7-4-14)10-21(8-1)17-16-15(5-9-23-16)19-12-20-17/h3-7,9,12-13H,1-2,8,10-11H2. The Hall–Kier alpha value is -2.21. The summed E-state index contributed by atoms with van der Waals surface area (Å²) >= 11 is 1.71. The molecule has 1 atom stereocenters. The van der Waals surface area contributed by atoms with Gasteiger partial charge in [0, 0.05) is 31.4 Å². The van der Waals surface area contributed by atoms with Crippen LogP contribution >= 0.6 is 11.3 Å². The predicted molar refractivity (Wildman–Crippen MR) is 92.1 cm³/mol. The van der Waals surface area contributed by atoms with Gasteiger partial charge in [0.2, 0.25) is 0 Å². The molecule has 0 N–H and O–H groups in total. The van der Waals surface area contributed by atoms with E-state index >= 15 is 0 Å². The first kappa shape index (κ1) is 14.4. The van der Waals surface area contributed by atoms with Crippen LogP contribution in [0.15, 0.2) is 42.3 Å². The van der Waals surface area contributed by atoms with Crippen LogP contribution in [-0.4, -0.2) is 34.6 Å². The highest BCUT2D eigenvalue weighted by atomic mass is 32.1. The van der Waals surface area contributed by atoms with Crippen LogP contribution in [0.1, 0.15) is 12.8 Å². The van der Waals surface area contributed by atoms with E-state index in [0.717, 1.165) is 36.8 Å². The fourth-order valence-corrected chi connectivity index (χ4v) is 3.90. The molecule has 0 amide bonds. The monoisotopic (exact) mass is 326 g/mol. The molecule has 1 aliphatic rings. The molecule has 1 unspecified atom stereocenters. The van der Waals surface area contributed by atoms with Gasteiger partial charge in [-0.2, -0.15) is 0 Å². The average Bonchev–Trinajstić information content (AvgIpc) is 3.10. The van der Waals surface area contributed by atoms with Gasteiger partial charge in [0.1, 0.15) is 17.9 Å². The second-order valence-corrected chi connectivity index (χ2v) is 6.70. The molecule has 1 saturated heterocycles. The summed E-state index contributed by atoms with van der Waals surface area (Å²) < 4.78 is 7.09. The van der Waals surface area contributed by atoms with Crippen molar-refractivity contribution >= 4 is 27.4 Å². The molecule has 3 aromatic heterocycles. The zero-order valence-corrected chi connectivity index (χ0v) is 13.6. The second-order valence-electron chi connectivity index (χ2n) is 5.78. The Morgan fingerprint density at radius 3 is 3.04 bits per heavy atom. The highest BCUT2D eigenvalue weighted by Crippen LogP contribution is 2.30. The van der Waals surface area contributed by atoms with Crippen LogP contribution in [0.3, 0.4) is 0 Å². The minimum absolute atomic E-state index is 0.516. The average molecular weight is 326 g/mol. The van der Waals surface area contributed by atoms with Crippen molar-refractivity contribution in [2.45, 2.75) is 12.8 Å². The van der Waals surface area contributed by atoms with Gasteiger partial charge >= 0.3 is 0 Å². The molecule has 0 aliphatic carbocycles. The van der Waals surface area contributed by atoms with Gasteiger partial charge in [-0.1, -0.05) is 0 Å². The van der Waals surface area contributed by atoms with Crippen molar-refractivity contribution in [2.75, 3.05) is 24.6 Å². The number of thiophene rings is 1. The van der Waals surface area contributed by atoms with Crippen LogP contribution in [0.4, 0.5) is 5.82 Å². The van der Waals surface area contributed by atoms with E-state index in [0.29, 0.717) is 5.92 Å². The van der Waals surface area contributed by atoms with Gasteiger partial charge in [-0.25, -0.2) is 9.97 Å². The van der Waals surface area contributed by atoms with Crippen molar-refractivity contribution < 1.29 is 4.74 Å². The normalized spacial score (nSPS) is 18.3. The maximum Gasteiger partial charge on any atom is 0.150 e. The largest absolute Gasteiger partial charge is 0.493 e. The van der Waals surface area contributed by atoms with Gasteiger partial charge in [0.15, 0.2) is 0 Å². The first-order valence-corrected chi connectivity index (χ1v) is 8.74. The fraction of sp³-hybridized carbons (Fsp3) is 0.353. The number of hydrogen-bond donors (Lipinski definition) is 0. The van der Waals surface area contributed by atoms with Gasteiger partial charge in [-0.3, -0.25) is 4.98 Å². The lowest BCUT2D eigenvalue weighted by Gasteiger charge is -2.33. The number of anilines is 1. The first-order valence-electron chi connectivity index (χ1n) is 7.86. The van der Waals surface area contributed by atoms with Crippen molar-refractivity contribution in [3.63, 3.8) is 0 Å². The van der Waals surface area contributed by atoms with Gasteiger partial charge in [0.25, 0.3) is 0 Å². The van der Waals surface area contributed by atoms with Crippen LogP contribution in [0.25, 0.3) is 10.2 Å². The first-order chi connectivity index (χ1) is 11.4. The fourth-order valence-electron chi connectivity index (χ4n) is 3.04. The Labute approximate surface area is 139 Å². The summed E-state index contributed by atoms with van der Waals surface area (Å²) in [7, 11) is 0. The Kier molecular flexibility index (Phi) is 4.06. The molecule has 0 saturated carbocycles. The molecule has 6 heteroatoms. The third-order valence-electron chi connectivity index (χ3n) is 4.18. The summed E-state index contributed by atoms with van der Waals surface area (Å²) in [5.74, 6) is 2.47. The highest BCUT2D eigenvalue weighted by molar-refractivity contribution is 7.17. The number of rotatable bonds is 4. The number of ether oxygens (including phenoxy) is 1. The van der Waals surface area contributed by atoms with Crippen molar-refractivity contribution in [3.05, 3.63) is 42.3 Å². The lowest BCUT2D eigenvalue weighted by Crippen LogP contribution is -2.38. The van der Waals surface area contributed by atoms with Crippen LogP contribution in [0, 0.1) is 5.92 Å². The maximum absolute atomic E-state index is 5.91. The van der Waals surface area contributed by atoms with E-state index in [4.69, 9.17) is 4.74 Å². The molecular weight excluding hydrogens is 308 g/mol. The quantitative estimate of drug-likeness (QED) is 0.735. The summed E-state index contributed by atoms with van der Waals surface area (Å²) in [6.45, 7) is 2.77. The minimum Gasteiger partial charge on any atom is -0.493 e. The van der Waals surface area contributed by atoms with E-state index in [-0.39, 0.29) is 0 Å². The third kappa shape index (κ3) is 3.12. The smallest absolute Gasteiger partial charge is 0.150 e. The number of aromatic nitrogens is 3. The highest BCUT2D eigenvalue weighted by Gasteiger charge is 2.23. The van der Waals surface area contributed by atoms with E-state index in [1.807, 2.05) is 12.1 Å². The predicted octanol–water partition coefficient (Wildman–Crippen LogP) is 3.38. The lowest BCUT2D eigenvalue weighted by molar-refractivity contribution is 0.228. The van der Waals surface area contributed by atoms with Gasteiger partial charge in [-0.15, -0.1) is 11.3 Å². The molecule has 118 valence electrons. The van der Waals surface area contributed by atoms with Crippen LogP contribution in [0.5, 0.6) is 5.75 Å². The van der Waals surface area contributed by atoms with E-state index < -0.39 is 0 Å². The van der Waals surface area contributed by atoms with Crippen molar-refractivity contribution in [1.82, 2.24) is 15.0 Å². The molecule has 0 aromatic carbocycles. The topological polar surface area (TPSA) is 51.1 Å². The van der Waals surface area contributed by atoms with Crippen LogP contribution in [0.2, 0.25) is 0 Å². The molecule has 0 spiro atoms. The van der Waals surface area contributed by atoms with E-state index in [2.05, 4.69) is 31.3 Å². The molecule has 4 rings (SSSR count). The Morgan fingerprint density at radius 1 is 1.22 bits per heavy atom. The molecule has 1 fully saturated rings. The molecular formula is C17H18N4OS.